The SMILES string of the molecule is O=C1C[C@@H](c2ccccc2)[C@H](CF)N1. The molecule has 0 radical (unpaired) electrons. The molecule has 1 heterocycles. The molecule has 0 bridgehead atoms. The number of benzene rings is 1. The molecular formula is C11H12FNO. The number of halogens is 1. The Balaban J connectivity index is 2.22. The van der Waals surface area contributed by atoms with Gasteiger partial charge < -0.3 is 5.32 Å². The standard InChI is InChI=1S/C11H12FNO/c12-7-10-9(6-11(14)13-10)8-4-2-1-3-5-8/h1-5,9-10H,6-7H2,(H,13,14)/t9-,10-/m0/s1. The summed E-state index contributed by atoms with van der Waals surface area (Å²) >= 11 is 0. The van der Waals surface area contributed by atoms with Crippen molar-refractivity contribution in [1.29, 1.82) is 0 Å². The number of amides is 1. The molecule has 14 heavy (non-hydrogen) atoms. The first kappa shape index (κ1) is 9.19. The molecule has 2 atom stereocenters. The van der Waals surface area contributed by atoms with E-state index < -0.39 is 6.67 Å². The van der Waals surface area contributed by atoms with Gasteiger partial charge in [-0.2, -0.15) is 0 Å². The van der Waals surface area contributed by atoms with Gasteiger partial charge in [-0.05, 0) is 5.56 Å². The van der Waals surface area contributed by atoms with E-state index in [0.29, 0.717) is 6.42 Å². The van der Waals surface area contributed by atoms with Crippen molar-refractivity contribution in [3.8, 4) is 0 Å². The summed E-state index contributed by atoms with van der Waals surface area (Å²) in [4.78, 5) is 11.1. The molecule has 0 aromatic heterocycles. The lowest BCUT2D eigenvalue weighted by Gasteiger charge is -2.15. The molecule has 1 aliphatic heterocycles. The molecule has 0 saturated carbocycles. The van der Waals surface area contributed by atoms with Crippen molar-refractivity contribution in [3.05, 3.63) is 35.9 Å². The zero-order valence-corrected chi connectivity index (χ0v) is 7.74. The second kappa shape index (κ2) is 3.78. The Morgan fingerprint density at radius 3 is 2.71 bits per heavy atom. The van der Waals surface area contributed by atoms with Gasteiger partial charge in [0.1, 0.15) is 6.67 Å². The van der Waals surface area contributed by atoms with E-state index in [-0.39, 0.29) is 17.9 Å². The fourth-order valence-corrected chi connectivity index (χ4v) is 1.90. The lowest BCUT2D eigenvalue weighted by atomic mass is 9.93. The van der Waals surface area contributed by atoms with Gasteiger partial charge in [-0.1, -0.05) is 30.3 Å². The lowest BCUT2D eigenvalue weighted by molar-refractivity contribution is -0.119. The Kier molecular flexibility index (Phi) is 2.48. The largest absolute Gasteiger partial charge is 0.350 e. The molecular weight excluding hydrogens is 181 g/mol. The molecule has 1 saturated heterocycles. The maximum absolute atomic E-state index is 12.6. The van der Waals surface area contributed by atoms with Gasteiger partial charge in [0, 0.05) is 12.3 Å². The van der Waals surface area contributed by atoms with E-state index in [4.69, 9.17) is 0 Å². The third-order valence-electron chi connectivity index (χ3n) is 2.63. The summed E-state index contributed by atoms with van der Waals surface area (Å²) in [5.41, 5.74) is 1.04. The third kappa shape index (κ3) is 1.62. The Labute approximate surface area is 82.1 Å². The number of carbonyl (C=O) groups excluding carboxylic acids is 1. The Morgan fingerprint density at radius 2 is 2.07 bits per heavy atom. The molecule has 2 rings (SSSR count). The van der Waals surface area contributed by atoms with Crippen LogP contribution in [0.2, 0.25) is 0 Å². The predicted octanol–water partition coefficient (Wildman–Crippen LogP) is 1.63. The number of hydrogen-bond acceptors (Lipinski definition) is 1. The van der Waals surface area contributed by atoms with E-state index in [1.54, 1.807) is 0 Å². The first-order chi connectivity index (χ1) is 6.81. The van der Waals surface area contributed by atoms with E-state index in [9.17, 15) is 9.18 Å². The zero-order valence-electron chi connectivity index (χ0n) is 7.74. The number of rotatable bonds is 2. The molecule has 1 aromatic rings. The van der Waals surface area contributed by atoms with Gasteiger partial charge in [0.05, 0.1) is 6.04 Å². The average Bonchev–Trinajstić information content (AvgIpc) is 2.61. The molecule has 74 valence electrons. The summed E-state index contributed by atoms with van der Waals surface area (Å²) in [6.45, 7) is -0.495. The van der Waals surface area contributed by atoms with Crippen molar-refractivity contribution in [2.45, 2.75) is 18.4 Å². The molecule has 1 aliphatic rings. The third-order valence-corrected chi connectivity index (χ3v) is 2.63. The summed E-state index contributed by atoms with van der Waals surface area (Å²) in [5.74, 6) is -0.0600. The number of hydrogen-bond donors (Lipinski definition) is 1. The van der Waals surface area contributed by atoms with Crippen LogP contribution in [0.3, 0.4) is 0 Å². The van der Waals surface area contributed by atoms with E-state index in [0.717, 1.165) is 5.56 Å². The van der Waals surface area contributed by atoms with Crippen LogP contribution in [0.25, 0.3) is 0 Å². The topological polar surface area (TPSA) is 29.1 Å². The Bertz CT molecular complexity index is 325. The van der Waals surface area contributed by atoms with Crippen LogP contribution in [0, 0.1) is 0 Å². The molecule has 1 amide bonds. The summed E-state index contributed by atoms with van der Waals surface area (Å²) < 4.78 is 12.6. The Morgan fingerprint density at radius 1 is 1.36 bits per heavy atom. The first-order valence-corrected chi connectivity index (χ1v) is 4.71. The average molecular weight is 193 g/mol. The van der Waals surface area contributed by atoms with Gasteiger partial charge in [-0.15, -0.1) is 0 Å². The smallest absolute Gasteiger partial charge is 0.221 e. The van der Waals surface area contributed by atoms with Gasteiger partial charge in [-0.3, -0.25) is 4.79 Å². The number of nitrogens with one attached hydrogen (secondary N) is 1. The van der Waals surface area contributed by atoms with Gasteiger partial charge >= 0.3 is 0 Å². The second-order valence-corrected chi connectivity index (χ2v) is 3.55. The maximum Gasteiger partial charge on any atom is 0.221 e. The van der Waals surface area contributed by atoms with Crippen molar-refractivity contribution >= 4 is 5.91 Å². The van der Waals surface area contributed by atoms with Gasteiger partial charge in [-0.25, -0.2) is 4.39 Å². The molecule has 0 spiro atoms. The van der Waals surface area contributed by atoms with Crippen molar-refractivity contribution in [2.24, 2.45) is 0 Å². The highest BCUT2D eigenvalue weighted by molar-refractivity contribution is 5.80. The van der Waals surface area contributed by atoms with E-state index >= 15 is 0 Å². The molecule has 1 fully saturated rings. The Hall–Kier alpha value is -1.38. The molecule has 2 nitrogen and oxygen atoms in total. The van der Waals surface area contributed by atoms with Crippen LogP contribution in [-0.2, 0) is 4.79 Å². The summed E-state index contributed by atoms with van der Waals surface area (Å²) in [6.07, 6.45) is 0.401. The fraction of sp³-hybridized carbons (Fsp3) is 0.364. The van der Waals surface area contributed by atoms with E-state index in [1.807, 2.05) is 30.3 Å². The monoisotopic (exact) mass is 193 g/mol. The van der Waals surface area contributed by atoms with Crippen LogP contribution in [0.4, 0.5) is 4.39 Å². The van der Waals surface area contributed by atoms with Gasteiger partial charge in [0.15, 0.2) is 0 Å². The van der Waals surface area contributed by atoms with E-state index in [2.05, 4.69) is 5.32 Å². The molecule has 1 aromatic carbocycles. The van der Waals surface area contributed by atoms with Crippen molar-refractivity contribution in [3.63, 3.8) is 0 Å². The zero-order chi connectivity index (χ0) is 9.97. The van der Waals surface area contributed by atoms with Crippen LogP contribution in [0.5, 0.6) is 0 Å². The quantitative estimate of drug-likeness (QED) is 0.759. The van der Waals surface area contributed by atoms with Crippen LogP contribution >= 0.6 is 0 Å². The van der Waals surface area contributed by atoms with Crippen LogP contribution in [-0.4, -0.2) is 18.6 Å². The second-order valence-electron chi connectivity index (χ2n) is 3.55. The van der Waals surface area contributed by atoms with Crippen molar-refractivity contribution in [2.75, 3.05) is 6.67 Å². The van der Waals surface area contributed by atoms with Crippen molar-refractivity contribution < 1.29 is 9.18 Å². The van der Waals surface area contributed by atoms with Gasteiger partial charge in [0.25, 0.3) is 0 Å². The number of alkyl halides is 1. The van der Waals surface area contributed by atoms with Crippen LogP contribution in [0.1, 0.15) is 17.9 Å². The highest BCUT2D eigenvalue weighted by Gasteiger charge is 2.32. The molecule has 3 heteroatoms. The summed E-state index contributed by atoms with van der Waals surface area (Å²) in [7, 11) is 0. The minimum atomic E-state index is -0.495. The van der Waals surface area contributed by atoms with Crippen LogP contribution < -0.4 is 5.32 Å². The fourth-order valence-electron chi connectivity index (χ4n) is 1.90. The summed E-state index contributed by atoms with van der Waals surface area (Å²) in [5, 5.41) is 2.64. The highest BCUT2D eigenvalue weighted by atomic mass is 19.1. The van der Waals surface area contributed by atoms with Crippen molar-refractivity contribution in [1.82, 2.24) is 5.32 Å². The normalized spacial score (nSPS) is 26.2. The molecule has 0 unspecified atom stereocenters. The maximum atomic E-state index is 12.6. The van der Waals surface area contributed by atoms with Gasteiger partial charge in [0.2, 0.25) is 5.91 Å². The minimum Gasteiger partial charge on any atom is -0.350 e. The first-order valence-electron chi connectivity index (χ1n) is 4.71. The van der Waals surface area contributed by atoms with Crippen LogP contribution in [0.15, 0.2) is 30.3 Å². The molecule has 1 N–H and O–H groups in total. The highest BCUT2D eigenvalue weighted by Crippen LogP contribution is 2.28. The lowest BCUT2D eigenvalue weighted by Crippen LogP contribution is -2.30. The molecule has 0 aliphatic carbocycles. The number of carbonyl (C=O) groups is 1. The summed E-state index contributed by atoms with van der Waals surface area (Å²) in [6, 6.07) is 9.27. The predicted molar refractivity (Wildman–Crippen MR) is 51.7 cm³/mol. The minimum absolute atomic E-state index is 0.00583. The van der Waals surface area contributed by atoms with E-state index in [1.165, 1.54) is 0 Å².